The number of ether oxygens (including phenoxy) is 3. The maximum Gasteiger partial charge on any atom is 0.430 e. The maximum absolute atomic E-state index is 13.9. The first-order valence-corrected chi connectivity index (χ1v) is 16.3. The molecule has 2 aromatic rings. The molecule has 0 saturated carbocycles. The van der Waals surface area contributed by atoms with Crippen LogP contribution in [-0.2, 0) is 26.3 Å². The molecular formula is C36H38F6N2O6. The lowest BCUT2D eigenvalue weighted by Crippen LogP contribution is -2.54. The van der Waals surface area contributed by atoms with E-state index in [1.807, 2.05) is 13.0 Å². The molecule has 50 heavy (non-hydrogen) atoms. The van der Waals surface area contributed by atoms with Crippen molar-refractivity contribution in [3.05, 3.63) is 94.5 Å². The number of alkyl halides is 6. The summed E-state index contributed by atoms with van der Waals surface area (Å²) in [6.07, 6.45) is -4.57. The summed E-state index contributed by atoms with van der Waals surface area (Å²) < 4.78 is 101. The van der Waals surface area contributed by atoms with Crippen LogP contribution in [0.1, 0.15) is 61.8 Å². The van der Waals surface area contributed by atoms with Crippen LogP contribution in [0.2, 0.25) is 0 Å². The Balaban J connectivity index is 1.32. The summed E-state index contributed by atoms with van der Waals surface area (Å²) in [6, 6.07) is 9.16. The van der Waals surface area contributed by atoms with Crippen LogP contribution in [0.15, 0.2) is 72.2 Å². The summed E-state index contributed by atoms with van der Waals surface area (Å²) in [5.41, 5.74) is -7.18. The van der Waals surface area contributed by atoms with Gasteiger partial charge in [0.25, 0.3) is 11.5 Å². The molecule has 2 aliphatic heterocycles. The molecular weight excluding hydrogens is 670 g/mol. The first-order valence-electron chi connectivity index (χ1n) is 16.3. The predicted octanol–water partition coefficient (Wildman–Crippen LogP) is 7.32. The Morgan fingerprint density at radius 1 is 1.04 bits per heavy atom. The quantitative estimate of drug-likeness (QED) is 0.136. The molecule has 1 aliphatic carbocycles. The number of imide groups is 1. The number of hydrogen-bond acceptors (Lipinski definition) is 6. The fourth-order valence-corrected chi connectivity index (χ4v) is 6.56. The zero-order valence-corrected chi connectivity index (χ0v) is 27.5. The topological polar surface area (TPSA) is 97.3 Å². The molecule has 0 aromatic heterocycles. The average Bonchev–Trinajstić information content (AvgIpc) is 3.33. The molecule has 0 radical (unpaired) electrons. The smallest absolute Gasteiger partial charge is 0.430 e. The van der Waals surface area contributed by atoms with Crippen molar-refractivity contribution in [1.82, 2.24) is 10.2 Å². The molecule has 2 aromatic carbocycles. The van der Waals surface area contributed by atoms with Gasteiger partial charge in [0, 0.05) is 36.4 Å². The van der Waals surface area contributed by atoms with Crippen LogP contribution < -0.4 is 10.1 Å². The van der Waals surface area contributed by atoms with Crippen molar-refractivity contribution in [3.63, 3.8) is 0 Å². The minimum Gasteiger partial charge on any atom is -0.493 e. The van der Waals surface area contributed by atoms with E-state index in [0.29, 0.717) is 61.7 Å². The van der Waals surface area contributed by atoms with Crippen LogP contribution in [0.25, 0.3) is 6.08 Å². The van der Waals surface area contributed by atoms with Gasteiger partial charge in [0.05, 0.1) is 6.61 Å². The maximum atomic E-state index is 13.9. The van der Waals surface area contributed by atoms with Gasteiger partial charge >= 0.3 is 18.4 Å². The van der Waals surface area contributed by atoms with E-state index in [0.717, 1.165) is 4.90 Å². The predicted molar refractivity (Wildman–Crippen MR) is 171 cm³/mol. The number of carbonyl (C=O) groups excluding carboxylic acids is 2. The van der Waals surface area contributed by atoms with E-state index in [9.17, 15) is 41.0 Å². The van der Waals surface area contributed by atoms with Crippen LogP contribution in [0.4, 0.5) is 31.1 Å². The molecule has 270 valence electrons. The van der Waals surface area contributed by atoms with E-state index in [1.54, 1.807) is 36.4 Å². The third-order valence-corrected chi connectivity index (χ3v) is 9.21. The van der Waals surface area contributed by atoms with Gasteiger partial charge in [-0.1, -0.05) is 55.5 Å². The zero-order valence-electron chi connectivity index (χ0n) is 27.5. The Morgan fingerprint density at radius 2 is 1.74 bits per heavy atom. The highest BCUT2D eigenvalue weighted by molar-refractivity contribution is 6.07. The number of aliphatic hydroxyl groups is 1. The lowest BCUT2D eigenvalue weighted by molar-refractivity contribution is -0.376. The molecule has 3 amide bonds. The minimum atomic E-state index is -6.06. The van der Waals surface area contributed by atoms with Crippen molar-refractivity contribution in [3.8, 4) is 5.75 Å². The molecule has 0 spiro atoms. The summed E-state index contributed by atoms with van der Waals surface area (Å²) >= 11 is 0. The molecule has 5 rings (SSSR count). The zero-order chi connectivity index (χ0) is 36.3. The monoisotopic (exact) mass is 708 g/mol. The normalized spacial score (nSPS) is 21.3. The Morgan fingerprint density at radius 3 is 2.40 bits per heavy atom. The SMILES string of the molecule is C/C=C/c1cc(C(O)(C(F)(F)F)C(F)(F)F)cc(Cc2ccccc2)c1OCCCCN1C(=O)NC(CC)(C2C=CC3=C(C2)OCCO3)C1=O. The molecule has 0 bridgehead atoms. The van der Waals surface area contributed by atoms with E-state index >= 15 is 0 Å². The highest BCUT2D eigenvalue weighted by Gasteiger charge is 2.71. The van der Waals surface area contributed by atoms with Crippen LogP contribution in [-0.4, -0.2) is 66.2 Å². The molecule has 2 atom stereocenters. The van der Waals surface area contributed by atoms with Gasteiger partial charge in [0.1, 0.15) is 30.3 Å². The number of amides is 3. The van der Waals surface area contributed by atoms with Gasteiger partial charge in [-0.15, -0.1) is 0 Å². The molecule has 1 saturated heterocycles. The van der Waals surface area contributed by atoms with Gasteiger partial charge < -0.3 is 24.6 Å². The molecule has 3 aliphatic rings. The number of rotatable bonds is 12. The first kappa shape index (κ1) is 36.8. The van der Waals surface area contributed by atoms with Gasteiger partial charge in [-0.3, -0.25) is 9.69 Å². The number of halogens is 6. The van der Waals surface area contributed by atoms with E-state index in [4.69, 9.17) is 14.2 Å². The summed E-state index contributed by atoms with van der Waals surface area (Å²) in [5.74, 6) is 0.560. The molecule has 2 N–H and O–H groups in total. The second-order valence-corrected chi connectivity index (χ2v) is 12.3. The van der Waals surface area contributed by atoms with Crippen molar-refractivity contribution < 1.29 is 55.2 Å². The third-order valence-electron chi connectivity index (χ3n) is 9.21. The lowest BCUT2D eigenvalue weighted by Gasteiger charge is -2.36. The minimum absolute atomic E-state index is 0.00158. The Labute approximate surface area is 285 Å². The number of carbonyl (C=O) groups is 2. The summed E-state index contributed by atoms with van der Waals surface area (Å²) in [6.45, 7) is 4.20. The van der Waals surface area contributed by atoms with Crippen LogP contribution >= 0.6 is 0 Å². The number of hydrogen-bond donors (Lipinski definition) is 2. The Bertz CT molecular complexity index is 1660. The van der Waals surface area contributed by atoms with Crippen LogP contribution in [0.5, 0.6) is 5.75 Å². The van der Waals surface area contributed by atoms with Gasteiger partial charge in [-0.25, -0.2) is 4.79 Å². The van der Waals surface area contributed by atoms with E-state index in [-0.39, 0.29) is 54.7 Å². The largest absolute Gasteiger partial charge is 0.493 e. The van der Waals surface area contributed by atoms with Crippen molar-refractivity contribution in [2.75, 3.05) is 26.4 Å². The molecule has 2 unspecified atom stereocenters. The molecule has 14 heteroatoms. The van der Waals surface area contributed by atoms with Crippen molar-refractivity contribution in [1.29, 1.82) is 0 Å². The molecule has 2 heterocycles. The standard InChI is InChI=1S/C36H38F6N2O6/c1-3-10-24-20-27(34(47,35(37,38)39)36(40,41)42)21-25(19-23-11-6-5-7-12-23)30(24)50-16-9-8-15-44-31(45)33(4-2,43-32(44)46)26-13-14-28-29(22-26)49-18-17-48-28/h3,5-7,10-14,20-21,26,47H,4,8-9,15-19,22H2,1-2H3,(H,43,46)/b10-3+. The van der Waals surface area contributed by atoms with E-state index in [1.165, 1.54) is 19.1 Å². The Hall–Kier alpha value is -4.46. The number of allylic oxidation sites excluding steroid dienone is 3. The number of unbranched alkanes of at least 4 members (excludes halogenated alkanes) is 1. The number of urea groups is 1. The highest BCUT2D eigenvalue weighted by atomic mass is 19.4. The van der Waals surface area contributed by atoms with Gasteiger partial charge in [-0.05, 0) is 55.5 Å². The van der Waals surface area contributed by atoms with Gasteiger partial charge in [0.15, 0.2) is 5.76 Å². The number of benzene rings is 2. The van der Waals surface area contributed by atoms with Crippen LogP contribution in [0.3, 0.4) is 0 Å². The number of nitrogens with one attached hydrogen (secondary N) is 1. The van der Waals surface area contributed by atoms with Gasteiger partial charge in [-0.2, -0.15) is 26.3 Å². The lowest BCUT2D eigenvalue weighted by atomic mass is 9.77. The van der Waals surface area contributed by atoms with Crippen molar-refractivity contribution in [2.45, 2.75) is 69.4 Å². The molecule has 1 fully saturated rings. The van der Waals surface area contributed by atoms with E-state index < -0.39 is 35.1 Å². The van der Waals surface area contributed by atoms with E-state index in [2.05, 4.69) is 5.32 Å². The average molecular weight is 709 g/mol. The number of nitrogens with zero attached hydrogens (tertiary/aromatic N) is 1. The second kappa shape index (κ2) is 14.4. The van der Waals surface area contributed by atoms with Crippen molar-refractivity contribution >= 4 is 18.0 Å². The third kappa shape index (κ3) is 6.94. The van der Waals surface area contributed by atoms with Crippen LogP contribution in [0, 0.1) is 5.92 Å². The summed E-state index contributed by atoms with van der Waals surface area (Å²) in [7, 11) is 0. The summed E-state index contributed by atoms with van der Waals surface area (Å²) in [4.78, 5) is 27.9. The molecule has 8 nitrogen and oxygen atoms in total. The Kier molecular flexibility index (Phi) is 10.6. The second-order valence-electron chi connectivity index (χ2n) is 12.3. The fraction of sp³-hybridized carbons (Fsp3) is 0.444. The first-order chi connectivity index (χ1) is 23.7. The van der Waals surface area contributed by atoms with Crippen molar-refractivity contribution in [2.24, 2.45) is 5.92 Å². The van der Waals surface area contributed by atoms with Gasteiger partial charge in [0.2, 0.25) is 0 Å². The highest BCUT2D eigenvalue weighted by Crippen LogP contribution is 2.51. The fourth-order valence-electron chi connectivity index (χ4n) is 6.56. The summed E-state index contributed by atoms with van der Waals surface area (Å²) in [5, 5.41) is 13.1.